The van der Waals surface area contributed by atoms with E-state index in [9.17, 15) is 9.59 Å². The Morgan fingerprint density at radius 3 is 2.82 bits per heavy atom. The van der Waals surface area contributed by atoms with E-state index in [1.807, 2.05) is 13.8 Å². The lowest BCUT2D eigenvalue weighted by atomic mass is 9.97. The molecule has 0 bridgehead atoms. The Kier molecular flexibility index (Phi) is 5.35. The van der Waals surface area contributed by atoms with Gasteiger partial charge in [-0.1, -0.05) is 13.8 Å². The summed E-state index contributed by atoms with van der Waals surface area (Å²) in [6.07, 6.45) is 7.40. The maximum Gasteiger partial charge on any atom is 0.262 e. The first-order valence-corrected chi connectivity index (χ1v) is 10.8. The lowest BCUT2D eigenvalue weighted by molar-refractivity contribution is 0.313. The molecule has 0 saturated heterocycles. The van der Waals surface area contributed by atoms with Crippen molar-refractivity contribution < 1.29 is 4.74 Å². The Morgan fingerprint density at radius 2 is 2.07 bits per heavy atom. The molecule has 148 valence electrons. The highest BCUT2D eigenvalue weighted by Gasteiger charge is 2.21. The van der Waals surface area contributed by atoms with Crippen molar-refractivity contribution in [3.05, 3.63) is 54.8 Å². The number of pyridine rings is 1. The van der Waals surface area contributed by atoms with Crippen LogP contribution in [0.2, 0.25) is 0 Å². The highest BCUT2D eigenvalue weighted by atomic mass is 32.1. The van der Waals surface area contributed by atoms with Crippen molar-refractivity contribution in [2.24, 2.45) is 0 Å². The van der Waals surface area contributed by atoms with Gasteiger partial charge in [-0.05, 0) is 37.7 Å². The molecule has 3 aromatic rings. The fraction of sp³-hybridized carbons (Fsp3) is 0.476. The van der Waals surface area contributed by atoms with Gasteiger partial charge in [-0.25, -0.2) is 4.98 Å². The summed E-state index contributed by atoms with van der Waals surface area (Å²) in [7, 11) is 0. The van der Waals surface area contributed by atoms with Gasteiger partial charge in [0.15, 0.2) is 5.75 Å². The van der Waals surface area contributed by atoms with E-state index in [4.69, 9.17) is 9.72 Å². The number of aromatic amines is 1. The van der Waals surface area contributed by atoms with E-state index >= 15 is 0 Å². The maximum absolute atomic E-state index is 13.4. The zero-order valence-electron chi connectivity index (χ0n) is 16.3. The van der Waals surface area contributed by atoms with E-state index in [-0.39, 0.29) is 11.0 Å². The van der Waals surface area contributed by atoms with Crippen LogP contribution in [0.25, 0.3) is 10.2 Å². The summed E-state index contributed by atoms with van der Waals surface area (Å²) in [6.45, 7) is 4.81. The van der Waals surface area contributed by atoms with Crippen LogP contribution >= 0.6 is 11.3 Å². The second-order valence-corrected chi connectivity index (χ2v) is 8.28. The summed E-state index contributed by atoms with van der Waals surface area (Å²) in [6, 6.07) is 1.52. The predicted molar refractivity (Wildman–Crippen MR) is 112 cm³/mol. The SMILES string of the molecule is CCCOc1c[nH]c(Cn2c(CC)nc3sc4c(c3c2=O)CCCC4)cc1=O. The van der Waals surface area contributed by atoms with Crippen LogP contribution < -0.4 is 15.7 Å². The van der Waals surface area contributed by atoms with E-state index in [1.54, 1.807) is 22.1 Å². The summed E-state index contributed by atoms with van der Waals surface area (Å²) in [5.74, 6) is 1.07. The van der Waals surface area contributed by atoms with Crippen molar-refractivity contribution >= 4 is 21.6 Å². The van der Waals surface area contributed by atoms with E-state index in [1.165, 1.54) is 22.9 Å². The van der Waals surface area contributed by atoms with Crippen LogP contribution in [0.4, 0.5) is 0 Å². The number of thiophene rings is 1. The third-order valence-electron chi connectivity index (χ3n) is 5.20. The van der Waals surface area contributed by atoms with Crippen LogP contribution in [-0.2, 0) is 25.8 Å². The normalized spacial score (nSPS) is 13.6. The Labute approximate surface area is 167 Å². The molecule has 0 spiro atoms. The average Bonchev–Trinajstić information content (AvgIpc) is 3.08. The van der Waals surface area contributed by atoms with Gasteiger partial charge in [-0.2, -0.15) is 0 Å². The number of hydrogen-bond acceptors (Lipinski definition) is 5. The summed E-state index contributed by atoms with van der Waals surface area (Å²) < 4.78 is 7.16. The molecule has 0 fully saturated rings. The third-order valence-corrected chi connectivity index (χ3v) is 6.38. The summed E-state index contributed by atoms with van der Waals surface area (Å²) in [4.78, 5) is 35.7. The number of nitrogens with one attached hydrogen (secondary N) is 1. The molecule has 0 unspecified atom stereocenters. The number of nitrogens with zero attached hydrogens (tertiary/aromatic N) is 2. The standard InChI is InChI=1S/C21H25N3O3S/c1-3-9-27-16-11-22-13(10-15(16)25)12-24-18(4-2)23-20-19(21(24)26)14-7-5-6-8-17(14)28-20/h10-11H,3-9,12H2,1-2H3,(H,22,25). The van der Waals surface area contributed by atoms with Crippen LogP contribution in [0.15, 0.2) is 21.9 Å². The minimum atomic E-state index is -0.171. The number of ether oxygens (including phenoxy) is 1. The number of hydrogen-bond donors (Lipinski definition) is 1. The first kappa shape index (κ1) is 18.9. The zero-order chi connectivity index (χ0) is 19.7. The Morgan fingerprint density at radius 1 is 1.25 bits per heavy atom. The molecular weight excluding hydrogens is 374 g/mol. The van der Waals surface area contributed by atoms with E-state index in [0.717, 1.165) is 41.7 Å². The van der Waals surface area contributed by atoms with Gasteiger partial charge >= 0.3 is 0 Å². The predicted octanol–water partition coefficient (Wildman–Crippen LogP) is 3.42. The largest absolute Gasteiger partial charge is 0.488 e. The molecule has 0 radical (unpaired) electrons. The van der Waals surface area contributed by atoms with Gasteiger partial charge in [-0.3, -0.25) is 14.2 Å². The zero-order valence-corrected chi connectivity index (χ0v) is 17.2. The van der Waals surface area contributed by atoms with Gasteiger partial charge in [0.2, 0.25) is 5.43 Å². The lowest BCUT2D eigenvalue weighted by Crippen LogP contribution is -2.27. The minimum absolute atomic E-state index is 0.00779. The van der Waals surface area contributed by atoms with Gasteiger partial charge in [0, 0.05) is 29.3 Å². The van der Waals surface area contributed by atoms with Gasteiger partial charge in [0.05, 0.1) is 18.5 Å². The minimum Gasteiger partial charge on any atom is -0.488 e. The quantitative estimate of drug-likeness (QED) is 0.689. The lowest BCUT2D eigenvalue weighted by Gasteiger charge is -2.13. The number of aromatic nitrogens is 3. The second kappa shape index (κ2) is 7.91. The monoisotopic (exact) mass is 399 g/mol. The van der Waals surface area contributed by atoms with Gasteiger partial charge in [0.1, 0.15) is 10.7 Å². The summed E-state index contributed by atoms with van der Waals surface area (Å²) >= 11 is 1.67. The van der Waals surface area contributed by atoms with Gasteiger partial charge in [0.25, 0.3) is 5.56 Å². The maximum atomic E-state index is 13.4. The number of fused-ring (bicyclic) bond motifs is 3. The average molecular weight is 400 g/mol. The molecule has 0 aromatic carbocycles. The van der Waals surface area contributed by atoms with Crippen molar-refractivity contribution in [2.45, 2.75) is 58.9 Å². The number of H-pyrrole nitrogens is 1. The number of aryl methyl sites for hydroxylation is 3. The molecule has 3 aromatic heterocycles. The Balaban J connectivity index is 1.76. The highest BCUT2D eigenvalue weighted by molar-refractivity contribution is 7.18. The van der Waals surface area contributed by atoms with E-state index < -0.39 is 0 Å². The van der Waals surface area contributed by atoms with Crippen molar-refractivity contribution in [3.8, 4) is 5.75 Å². The summed E-state index contributed by atoms with van der Waals surface area (Å²) in [5.41, 5.74) is 1.71. The molecule has 28 heavy (non-hydrogen) atoms. The molecule has 3 heterocycles. The van der Waals surface area contributed by atoms with Crippen LogP contribution in [0.3, 0.4) is 0 Å². The fourth-order valence-corrected chi connectivity index (χ4v) is 5.07. The topological polar surface area (TPSA) is 77.0 Å². The molecule has 1 aliphatic carbocycles. The molecule has 0 amide bonds. The van der Waals surface area contributed by atoms with Crippen LogP contribution in [0.1, 0.15) is 55.1 Å². The second-order valence-electron chi connectivity index (χ2n) is 7.20. The smallest absolute Gasteiger partial charge is 0.262 e. The molecule has 6 nitrogen and oxygen atoms in total. The van der Waals surface area contributed by atoms with Crippen molar-refractivity contribution in [3.63, 3.8) is 0 Å². The summed E-state index contributed by atoms with van der Waals surface area (Å²) in [5, 5.41) is 0.780. The van der Waals surface area contributed by atoms with E-state index in [2.05, 4.69) is 4.98 Å². The molecule has 1 N–H and O–H groups in total. The molecule has 0 aliphatic heterocycles. The molecular formula is C21H25N3O3S. The van der Waals surface area contributed by atoms with Gasteiger partial charge < -0.3 is 9.72 Å². The van der Waals surface area contributed by atoms with Crippen LogP contribution in [0.5, 0.6) is 5.75 Å². The van der Waals surface area contributed by atoms with Crippen molar-refractivity contribution in [1.29, 1.82) is 0 Å². The van der Waals surface area contributed by atoms with Crippen molar-refractivity contribution in [2.75, 3.05) is 6.61 Å². The highest BCUT2D eigenvalue weighted by Crippen LogP contribution is 2.33. The molecule has 4 rings (SSSR count). The first-order valence-electron chi connectivity index (χ1n) is 10.0. The van der Waals surface area contributed by atoms with Crippen molar-refractivity contribution in [1.82, 2.24) is 14.5 Å². The first-order chi connectivity index (χ1) is 13.6. The van der Waals surface area contributed by atoms with E-state index in [0.29, 0.717) is 31.0 Å². The van der Waals surface area contributed by atoms with Gasteiger partial charge in [-0.15, -0.1) is 11.3 Å². The molecule has 0 atom stereocenters. The number of rotatable bonds is 6. The van der Waals surface area contributed by atoms with Crippen LogP contribution in [-0.4, -0.2) is 21.1 Å². The third kappa shape index (κ3) is 3.39. The molecule has 7 heteroatoms. The molecule has 0 saturated carbocycles. The fourth-order valence-electron chi connectivity index (χ4n) is 3.80. The molecule has 1 aliphatic rings. The Hall–Kier alpha value is -2.41. The van der Waals surface area contributed by atoms with Crippen LogP contribution in [0, 0.1) is 0 Å². The Bertz CT molecular complexity index is 1130.